The summed E-state index contributed by atoms with van der Waals surface area (Å²) in [5.41, 5.74) is 3.73. The van der Waals surface area contributed by atoms with Gasteiger partial charge in [0.2, 0.25) is 0 Å². The van der Waals surface area contributed by atoms with E-state index >= 15 is 0 Å². The van der Waals surface area contributed by atoms with Crippen LogP contribution in [0.25, 0.3) is 0 Å². The molecule has 2 nitrogen and oxygen atoms in total. The fourth-order valence-corrected chi connectivity index (χ4v) is 1.75. The van der Waals surface area contributed by atoms with Gasteiger partial charge in [-0.3, -0.25) is 4.68 Å². The van der Waals surface area contributed by atoms with Crippen LogP contribution in [0.3, 0.4) is 0 Å². The smallest absolute Gasteiger partial charge is 0.0662 e. The molecule has 2 aromatic rings. The summed E-state index contributed by atoms with van der Waals surface area (Å²) in [5, 5.41) is 4.30. The Kier molecular flexibility index (Phi) is 2.91. The van der Waals surface area contributed by atoms with Gasteiger partial charge in [0.1, 0.15) is 0 Å². The van der Waals surface area contributed by atoms with Gasteiger partial charge in [-0.1, -0.05) is 29.8 Å². The first-order valence-electron chi connectivity index (χ1n) is 4.90. The van der Waals surface area contributed by atoms with Crippen molar-refractivity contribution in [2.45, 2.75) is 20.4 Å². The molecule has 0 N–H and O–H groups in total. The summed E-state index contributed by atoms with van der Waals surface area (Å²) in [6, 6.07) is 8.54. The average Bonchev–Trinajstić information content (AvgIpc) is 2.53. The van der Waals surface area contributed by atoms with Crippen molar-refractivity contribution in [1.29, 1.82) is 0 Å². The number of hydrogen-bond donors (Lipinski definition) is 0. The maximum absolute atomic E-state index is 4.30. The van der Waals surface area contributed by atoms with Crippen LogP contribution in [0.5, 0.6) is 0 Å². The highest BCUT2D eigenvalue weighted by Gasteiger charge is 2.03. The lowest BCUT2D eigenvalue weighted by Gasteiger charge is -2.05. The molecule has 0 radical (unpaired) electrons. The monoisotopic (exact) mass is 264 g/mol. The molecule has 3 heteroatoms. The maximum Gasteiger partial charge on any atom is 0.0662 e. The lowest BCUT2D eigenvalue weighted by atomic mass is 10.1. The quantitative estimate of drug-likeness (QED) is 0.814. The Labute approximate surface area is 98.1 Å². The Hall–Kier alpha value is -1.09. The number of hydrogen-bond acceptors (Lipinski definition) is 1. The van der Waals surface area contributed by atoms with Gasteiger partial charge in [0.25, 0.3) is 0 Å². The van der Waals surface area contributed by atoms with Gasteiger partial charge in [-0.25, -0.2) is 0 Å². The van der Waals surface area contributed by atoms with Crippen molar-refractivity contribution >= 4 is 15.9 Å². The van der Waals surface area contributed by atoms with E-state index in [0.717, 1.165) is 16.7 Å². The second-order valence-corrected chi connectivity index (χ2v) is 4.58. The Morgan fingerprint density at radius 3 is 2.40 bits per heavy atom. The average molecular weight is 265 g/mol. The molecule has 15 heavy (non-hydrogen) atoms. The molecule has 1 aromatic carbocycles. The first kappa shape index (κ1) is 10.4. The van der Waals surface area contributed by atoms with Crippen LogP contribution in [-0.2, 0) is 6.54 Å². The number of nitrogens with zero attached hydrogens (tertiary/aromatic N) is 2. The van der Waals surface area contributed by atoms with E-state index in [1.807, 2.05) is 10.9 Å². The van der Waals surface area contributed by atoms with E-state index in [1.165, 1.54) is 11.1 Å². The molecule has 0 fully saturated rings. The SMILES string of the molecule is Cc1ccc(Cn2ncc(Br)c2C)cc1. The number of rotatable bonds is 2. The highest BCUT2D eigenvalue weighted by molar-refractivity contribution is 9.10. The van der Waals surface area contributed by atoms with Crippen molar-refractivity contribution in [3.63, 3.8) is 0 Å². The summed E-state index contributed by atoms with van der Waals surface area (Å²) < 4.78 is 3.06. The zero-order chi connectivity index (χ0) is 10.8. The van der Waals surface area contributed by atoms with Crippen molar-refractivity contribution in [3.8, 4) is 0 Å². The van der Waals surface area contributed by atoms with Gasteiger partial charge in [-0.2, -0.15) is 5.10 Å². The zero-order valence-corrected chi connectivity index (χ0v) is 10.5. The Morgan fingerprint density at radius 2 is 1.87 bits per heavy atom. The van der Waals surface area contributed by atoms with E-state index in [2.05, 4.69) is 59.1 Å². The Bertz CT molecular complexity index is 457. The highest BCUT2D eigenvalue weighted by atomic mass is 79.9. The van der Waals surface area contributed by atoms with Gasteiger partial charge in [-0.05, 0) is 35.3 Å². The fraction of sp³-hybridized carbons (Fsp3) is 0.250. The molecule has 0 saturated heterocycles. The molecular weight excluding hydrogens is 252 g/mol. The van der Waals surface area contributed by atoms with Crippen molar-refractivity contribution < 1.29 is 0 Å². The predicted molar refractivity (Wildman–Crippen MR) is 64.9 cm³/mol. The predicted octanol–water partition coefficient (Wildman–Crippen LogP) is 3.31. The minimum atomic E-state index is 0.831. The van der Waals surface area contributed by atoms with Gasteiger partial charge in [0.05, 0.1) is 17.2 Å². The molecule has 0 saturated carbocycles. The largest absolute Gasteiger partial charge is 0.264 e. The van der Waals surface area contributed by atoms with Crippen LogP contribution in [0.15, 0.2) is 34.9 Å². The molecule has 0 amide bonds. The summed E-state index contributed by atoms with van der Waals surface area (Å²) in [6.45, 7) is 4.99. The van der Waals surface area contributed by atoms with Gasteiger partial charge in [-0.15, -0.1) is 0 Å². The fourth-order valence-electron chi connectivity index (χ4n) is 1.45. The first-order chi connectivity index (χ1) is 7.16. The molecule has 0 aliphatic rings. The molecule has 1 aromatic heterocycles. The molecule has 0 aliphatic carbocycles. The topological polar surface area (TPSA) is 17.8 Å². The van der Waals surface area contributed by atoms with Crippen LogP contribution >= 0.6 is 15.9 Å². The van der Waals surface area contributed by atoms with Crippen LogP contribution < -0.4 is 0 Å². The number of halogens is 1. The third-order valence-corrected chi connectivity index (χ3v) is 3.27. The highest BCUT2D eigenvalue weighted by Crippen LogP contribution is 2.15. The minimum Gasteiger partial charge on any atom is -0.264 e. The van der Waals surface area contributed by atoms with Crippen molar-refractivity contribution in [1.82, 2.24) is 9.78 Å². The Balaban J connectivity index is 2.22. The van der Waals surface area contributed by atoms with Crippen LogP contribution in [0.2, 0.25) is 0 Å². The normalized spacial score (nSPS) is 10.6. The van der Waals surface area contributed by atoms with Crippen molar-refractivity contribution in [2.75, 3.05) is 0 Å². The molecule has 0 spiro atoms. The van der Waals surface area contributed by atoms with Gasteiger partial charge >= 0.3 is 0 Å². The molecule has 0 aliphatic heterocycles. The Morgan fingerprint density at radius 1 is 1.20 bits per heavy atom. The molecule has 1 heterocycles. The number of aromatic nitrogens is 2. The van der Waals surface area contributed by atoms with Crippen LogP contribution in [0, 0.1) is 13.8 Å². The summed E-state index contributed by atoms with van der Waals surface area (Å²) in [6.07, 6.45) is 1.84. The van der Waals surface area contributed by atoms with E-state index in [9.17, 15) is 0 Å². The van der Waals surface area contributed by atoms with E-state index < -0.39 is 0 Å². The van der Waals surface area contributed by atoms with Gasteiger partial charge < -0.3 is 0 Å². The van der Waals surface area contributed by atoms with Crippen LogP contribution in [0.1, 0.15) is 16.8 Å². The lowest BCUT2D eigenvalue weighted by Crippen LogP contribution is -2.03. The van der Waals surface area contributed by atoms with E-state index in [-0.39, 0.29) is 0 Å². The summed E-state index contributed by atoms with van der Waals surface area (Å²) >= 11 is 3.46. The molecular formula is C12H13BrN2. The molecule has 0 atom stereocenters. The summed E-state index contributed by atoms with van der Waals surface area (Å²) in [5.74, 6) is 0. The molecule has 78 valence electrons. The van der Waals surface area contributed by atoms with Crippen molar-refractivity contribution in [3.05, 3.63) is 51.8 Å². The van der Waals surface area contributed by atoms with E-state index in [0.29, 0.717) is 0 Å². The second kappa shape index (κ2) is 4.19. The maximum atomic E-state index is 4.30. The summed E-state index contributed by atoms with van der Waals surface area (Å²) in [7, 11) is 0. The molecule has 0 unspecified atom stereocenters. The summed E-state index contributed by atoms with van der Waals surface area (Å²) in [4.78, 5) is 0. The van der Waals surface area contributed by atoms with E-state index in [1.54, 1.807) is 0 Å². The van der Waals surface area contributed by atoms with Crippen LogP contribution in [0.4, 0.5) is 0 Å². The second-order valence-electron chi connectivity index (χ2n) is 3.72. The minimum absolute atomic E-state index is 0.831. The third-order valence-electron chi connectivity index (χ3n) is 2.50. The zero-order valence-electron chi connectivity index (χ0n) is 8.87. The first-order valence-corrected chi connectivity index (χ1v) is 5.69. The van der Waals surface area contributed by atoms with Gasteiger partial charge in [0, 0.05) is 5.69 Å². The van der Waals surface area contributed by atoms with Crippen molar-refractivity contribution in [2.24, 2.45) is 0 Å². The number of benzene rings is 1. The molecule has 2 rings (SSSR count). The van der Waals surface area contributed by atoms with E-state index in [4.69, 9.17) is 0 Å². The number of aryl methyl sites for hydroxylation is 1. The standard InChI is InChI=1S/C12H13BrN2/c1-9-3-5-11(6-4-9)8-15-10(2)12(13)7-14-15/h3-7H,8H2,1-2H3. The lowest BCUT2D eigenvalue weighted by molar-refractivity contribution is 0.664. The third kappa shape index (κ3) is 2.29. The van der Waals surface area contributed by atoms with Gasteiger partial charge in [0.15, 0.2) is 0 Å². The van der Waals surface area contributed by atoms with Crippen LogP contribution in [-0.4, -0.2) is 9.78 Å². The molecule has 0 bridgehead atoms.